The third kappa shape index (κ3) is 2.74. The van der Waals surface area contributed by atoms with Crippen molar-refractivity contribution in [2.45, 2.75) is 38.9 Å². The van der Waals surface area contributed by atoms with Crippen LogP contribution in [-0.4, -0.2) is 28.8 Å². The quantitative estimate of drug-likeness (QED) is 0.773. The first-order valence-electron chi connectivity index (χ1n) is 6.31. The zero-order valence-electron chi connectivity index (χ0n) is 11.0. The summed E-state index contributed by atoms with van der Waals surface area (Å²) >= 11 is 0. The minimum absolute atomic E-state index is 0.363. The molecule has 19 heavy (non-hydrogen) atoms. The number of hydrogen-bond acceptors (Lipinski definition) is 4. The summed E-state index contributed by atoms with van der Waals surface area (Å²) in [7, 11) is -0.958. The maximum atomic E-state index is 11.3. The molecule has 0 radical (unpaired) electrons. The van der Waals surface area contributed by atoms with Crippen LogP contribution in [0, 0.1) is 0 Å². The van der Waals surface area contributed by atoms with Crippen LogP contribution >= 0.6 is 0 Å². The van der Waals surface area contributed by atoms with Crippen molar-refractivity contribution >= 4 is 18.6 Å². The molecule has 1 atom stereocenters. The molecule has 1 aromatic carbocycles. The number of carboxylic acid groups (broad SMARTS) is 1. The summed E-state index contributed by atoms with van der Waals surface area (Å²) < 4.78 is 10.7. The van der Waals surface area contributed by atoms with Gasteiger partial charge >= 0.3 is 13.1 Å². The van der Waals surface area contributed by atoms with Gasteiger partial charge in [-0.25, -0.2) is 4.79 Å². The number of ether oxygens (including phenoxy) is 1. The number of carboxylic acids is 1. The van der Waals surface area contributed by atoms with Crippen molar-refractivity contribution in [1.82, 2.24) is 0 Å². The Labute approximate surface area is 112 Å². The summed E-state index contributed by atoms with van der Waals surface area (Å²) in [5, 5.41) is 18.9. The Morgan fingerprint density at radius 3 is 2.95 bits per heavy atom. The van der Waals surface area contributed by atoms with Gasteiger partial charge in [0.1, 0.15) is 5.75 Å². The van der Waals surface area contributed by atoms with Gasteiger partial charge in [-0.15, -0.1) is 0 Å². The van der Waals surface area contributed by atoms with Gasteiger partial charge in [-0.3, -0.25) is 0 Å². The van der Waals surface area contributed by atoms with Gasteiger partial charge in [0.2, 0.25) is 5.60 Å². The molecule has 1 aliphatic rings. The summed E-state index contributed by atoms with van der Waals surface area (Å²) in [6.07, 6.45) is 1.12. The lowest BCUT2D eigenvalue weighted by atomic mass is 9.79. The first-order valence-corrected chi connectivity index (χ1v) is 6.31. The predicted octanol–water partition coefficient (Wildman–Crippen LogP) is 0.927. The van der Waals surface area contributed by atoms with Crippen molar-refractivity contribution in [3.05, 3.63) is 23.8 Å². The van der Waals surface area contributed by atoms with E-state index < -0.39 is 18.7 Å². The van der Waals surface area contributed by atoms with Crippen molar-refractivity contribution in [3.63, 3.8) is 0 Å². The molecule has 0 aromatic heterocycles. The minimum Gasteiger partial charge on any atom is -0.478 e. The van der Waals surface area contributed by atoms with Crippen molar-refractivity contribution < 1.29 is 24.3 Å². The van der Waals surface area contributed by atoms with Crippen molar-refractivity contribution in [1.29, 1.82) is 0 Å². The molecule has 0 aliphatic carbocycles. The van der Waals surface area contributed by atoms with Gasteiger partial charge in [-0.2, -0.15) is 0 Å². The van der Waals surface area contributed by atoms with Gasteiger partial charge in [0.15, 0.2) is 0 Å². The van der Waals surface area contributed by atoms with E-state index in [4.69, 9.17) is 9.39 Å². The summed E-state index contributed by atoms with van der Waals surface area (Å²) in [4.78, 5) is 11.3. The highest BCUT2D eigenvalue weighted by Gasteiger charge is 2.35. The maximum Gasteiger partial charge on any atom is 0.491 e. The van der Waals surface area contributed by atoms with Gasteiger partial charge < -0.3 is 19.5 Å². The zero-order chi connectivity index (χ0) is 14.0. The molecule has 0 amide bonds. The highest BCUT2D eigenvalue weighted by molar-refractivity contribution is 6.61. The molecule has 1 aliphatic heterocycles. The standard InChI is InChI=1S/C13H17BO5/c1-3-6-13(2,12(15)16)19-10-5-4-9-8-18-14(17)11(9)7-10/h4-5,7,17H,3,6,8H2,1-2H3,(H,15,16). The molecular weight excluding hydrogens is 247 g/mol. The van der Waals surface area contributed by atoms with E-state index in [0.29, 0.717) is 30.7 Å². The molecule has 1 heterocycles. The number of rotatable bonds is 5. The van der Waals surface area contributed by atoms with Crippen LogP contribution in [0.2, 0.25) is 0 Å². The molecule has 2 N–H and O–H groups in total. The average Bonchev–Trinajstić information content (AvgIpc) is 2.71. The highest BCUT2D eigenvalue weighted by Crippen LogP contribution is 2.24. The Bertz CT molecular complexity index is 490. The Balaban J connectivity index is 2.23. The molecule has 102 valence electrons. The normalized spacial score (nSPS) is 16.9. The van der Waals surface area contributed by atoms with E-state index in [1.807, 2.05) is 6.92 Å². The zero-order valence-corrected chi connectivity index (χ0v) is 11.0. The molecule has 5 nitrogen and oxygen atoms in total. The predicted molar refractivity (Wildman–Crippen MR) is 70.4 cm³/mol. The van der Waals surface area contributed by atoms with Gasteiger partial charge in [-0.1, -0.05) is 19.4 Å². The topological polar surface area (TPSA) is 76.0 Å². The molecular formula is C13H17BO5. The van der Waals surface area contributed by atoms with Gasteiger partial charge in [-0.05, 0) is 36.5 Å². The monoisotopic (exact) mass is 264 g/mol. The lowest BCUT2D eigenvalue weighted by Gasteiger charge is -2.26. The first kappa shape index (κ1) is 13.9. The molecule has 6 heteroatoms. The number of fused-ring (bicyclic) bond motifs is 1. The van der Waals surface area contributed by atoms with Crippen molar-refractivity contribution in [3.8, 4) is 5.75 Å². The van der Waals surface area contributed by atoms with Crippen LogP contribution in [0.5, 0.6) is 5.75 Å². The molecule has 0 saturated heterocycles. The van der Waals surface area contributed by atoms with Gasteiger partial charge in [0, 0.05) is 0 Å². The molecule has 1 aromatic rings. The second-order valence-corrected chi connectivity index (χ2v) is 4.91. The number of aliphatic carboxylic acids is 1. The summed E-state index contributed by atoms with van der Waals surface area (Å²) in [5.41, 5.74) is 0.280. The summed E-state index contributed by atoms with van der Waals surface area (Å²) in [5.74, 6) is -0.562. The van der Waals surface area contributed by atoms with Crippen molar-refractivity contribution in [2.24, 2.45) is 0 Å². The molecule has 0 fully saturated rings. The number of hydrogen-bond donors (Lipinski definition) is 2. The minimum atomic E-state index is -1.26. The Morgan fingerprint density at radius 2 is 2.32 bits per heavy atom. The van der Waals surface area contributed by atoms with Crippen LogP contribution in [0.4, 0.5) is 0 Å². The number of benzene rings is 1. The third-order valence-electron chi connectivity index (χ3n) is 3.30. The Hall–Kier alpha value is -1.53. The summed E-state index contributed by atoms with van der Waals surface area (Å²) in [6, 6.07) is 5.13. The second kappa shape index (κ2) is 5.23. The third-order valence-corrected chi connectivity index (χ3v) is 3.30. The van der Waals surface area contributed by atoms with Crippen LogP contribution in [0.15, 0.2) is 18.2 Å². The van der Waals surface area contributed by atoms with Crippen LogP contribution < -0.4 is 10.2 Å². The SMILES string of the molecule is CCCC(C)(Oc1ccc2c(c1)B(O)OC2)C(=O)O. The smallest absolute Gasteiger partial charge is 0.478 e. The van der Waals surface area contributed by atoms with Crippen LogP contribution in [0.3, 0.4) is 0 Å². The van der Waals surface area contributed by atoms with E-state index in [1.54, 1.807) is 25.1 Å². The van der Waals surface area contributed by atoms with E-state index in [-0.39, 0.29) is 0 Å². The molecule has 1 unspecified atom stereocenters. The molecule has 0 saturated carbocycles. The van der Waals surface area contributed by atoms with Crippen LogP contribution in [0.25, 0.3) is 0 Å². The fourth-order valence-electron chi connectivity index (χ4n) is 2.20. The highest BCUT2D eigenvalue weighted by atomic mass is 16.5. The van der Waals surface area contributed by atoms with E-state index in [2.05, 4.69) is 0 Å². The molecule has 0 bridgehead atoms. The van der Waals surface area contributed by atoms with Crippen LogP contribution in [-0.2, 0) is 16.1 Å². The largest absolute Gasteiger partial charge is 0.491 e. The lowest BCUT2D eigenvalue weighted by molar-refractivity contribution is -0.154. The van der Waals surface area contributed by atoms with E-state index in [0.717, 1.165) is 5.56 Å². The molecule has 2 rings (SSSR count). The van der Waals surface area contributed by atoms with Crippen molar-refractivity contribution in [2.75, 3.05) is 0 Å². The average molecular weight is 264 g/mol. The fourth-order valence-corrected chi connectivity index (χ4v) is 2.20. The lowest BCUT2D eigenvalue weighted by Crippen LogP contribution is -2.41. The van der Waals surface area contributed by atoms with Crippen LogP contribution in [0.1, 0.15) is 32.3 Å². The summed E-state index contributed by atoms with van der Waals surface area (Å²) in [6.45, 7) is 3.83. The fraction of sp³-hybridized carbons (Fsp3) is 0.462. The Morgan fingerprint density at radius 1 is 1.58 bits per heavy atom. The van der Waals surface area contributed by atoms with Gasteiger partial charge in [0.25, 0.3) is 0 Å². The Kier molecular flexibility index (Phi) is 3.82. The molecule has 0 spiro atoms. The van der Waals surface area contributed by atoms with E-state index >= 15 is 0 Å². The second-order valence-electron chi connectivity index (χ2n) is 4.91. The van der Waals surface area contributed by atoms with Gasteiger partial charge in [0.05, 0.1) is 6.61 Å². The first-order chi connectivity index (χ1) is 8.96. The maximum absolute atomic E-state index is 11.3. The van der Waals surface area contributed by atoms with E-state index in [9.17, 15) is 14.9 Å². The number of carbonyl (C=O) groups is 1. The van der Waals surface area contributed by atoms with E-state index in [1.165, 1.54) is 0 Å².